The minimum Gasteiger partial charge on any atom is -0.376 e. The van der Waals surface area contributed by atoms with Crippen LogP contribution >= 0.6 is 11.6 Å². The normalized spacial score (nSPS) is 14.7. The molecule has 5 heteroatoms. The molecule has 0 saturated carbocycles. The zero-order chi connectivity index (χ0) is 23.6. The van der Waals surface area contributed by atoms with Gasteiger partial charge in [0.1, 0.15) is 4.50 Å². The van der Waals surface area contributed by atoms with E-state index in [-0.39, 0.29) is 5.41 Å². The number of alkyl halides is 1. The monoisotopic (exact) mass is 478 g/mol. The molecule has 0 spiro atoms. The SMILES string of the molecule is CCCCCCCCCCCCCCCCC(C)(C)C(Cl)(CCC)[Si](OC)(OC)OC. The molecule has 0 N–H and O–H groups in total. The lowest BCUT2D eigenvalue weighted by Crippen LogP contribution is -2.66. The van der Waals surface area contributed by atoms with Crippen LogP contribution < -0.4 is 0 Å². The van der Waals surface area contributed by atoms with Crippen molar-refractivity contribution in [1.82, 2.24) is 0 Å². The van der Waals surface area contributed by atoms with E-state index < -0.39 is 13.3 Å². The van der Waals surface area contributed by atoms with Crippen LogP contribution in [0.25, 0.3) is 0 Å². The Kier molecular flexibility index (Phi) is 18.0. The lowest BCUT2D eigenvalue weighted by atomic mass is 9.80. The summed E-state index contributed by atoms with van der Waals surface area (Å²) in [5.74, 6) is 0. The number of rotatable bonds is 22. The Bertz CT molecular complexity index is 407. The number of halogens is 1. The molecule has 0 aromatic carbocycles. The van der Waals surface area contributed by atoms with Crippen LogP contribution in [0.1, 0.15) is 137 Å². The molecule has 0 saturated heterocycles. The van der Waals surface area contributed by atoms with Gasteiger partial charge in [0, 0.05) is 21.3 Å². The third-order valence-electron chi connectivity index (χ3n) is 7.11. The van der Waals surface area contributed by atoms with Gasteiger partial charge in [0.25, 0.3) is 0 Å². The highest BCUT2D eigenvalue weighted by Crippen LogP contribution is 2.50. The average Bonchev–Trinajstić information content (AvgIpc) is 2.75. The molecule has 3 nitrogen and oxygen atoms in total. The summed E-state index contributed by atoms with van der Waals surface area (Å²) in [7, 11) is 2.06. The molecule has 0 amide bonds. The van der Waals surface area contributed by atoms with Crippen molar-refractivity contribution in [1.29, 1.82) is 0 Å². The van der Waals surface area contributed by atoms with Crippen LogP contribution in [0.4, 0.5) is 0 Å². The number of unbranched alkanes of at least 4 members (excludes halogenated alkanes) is 13. The van der Waals surface area contributed by atoms with Crippen LogP contribution in [-0.2, 0) is 13.3 Å². The summed E-state index contributed by atoms with van der Waals surface area (Å²) in [6.45, 7) is 8.97. The Labute approximate surface area is 201 Å². The molecular weight excluding hydrogens is 424 g/mol. The Morgan fingerprint density at radius 1 is 0.548 bits per heavy atom. The summed E-state index contributed by atoms with van der Waals surface area (Å²) in [6, 6.07) is 0. The minimum atomic E-state index is -2.97. The summed E-state index contributed by atoms with van der Waals surface area (Å²) in [5, 5.41) is 0. The van der Waals surface area contributed by atoms with Crippen LogP contribution in [-0.4, -0.2) is 34.6 Å². The van der Waals surface area contributed by atoms with Gasteiger partial charge in [0.05, 0.1) is 0 Å². The first-order chi connectivity index (χ1) is 14.8. The first kappa shape index (κ1) is 31.4. The molecule has 31 heavy (non-hydrogen) atoms. The van der Waals surface area contributed by atoms with Crippen molar-refractivity contribution in [3.8, 4) is 0 Å². The first-order valence-corrected chi connectivity index (χ1v) is 15.3. The highest BCUT2D eigenvalue weighted by atomic mass is 35.5. The van der Waals surface area contributed by atoms with Crippen LogP contribution in [0, 0.1) is 5.41 Å². The van der Waals surface area contributed by atoms with Gasteiger partial charge in [-0.1, -0.05) is 124 Å². The fraction of sp³-hybridized carbons (Fsp3) is 1.00. The van der Waals surface area contributed by atoms with Crippen LogP contribution in [0.2, 0.25) is 0 Å². The summed E-state index contributed by atoms with van der Waals surface area (Å²) in [5.41, 5.74) is -0.115. The second kappa shape index (κ2) is 17.8. The van der Waals surface area contributed by atoms with Crippen molar-refractivity contribution in [3.63, 3.8) is 0 Å². The Morgan fingerprint density at radius 3 is 1.23 bits per heavy atom. The molecule has 0 aromatic rings. The Balaban J connectivity index is 4.15. The highest BCUT2D eigenvalue weighted by Gasteiger charge is 2.65. The molecule has 1 atom stereocenters. The topological polar surface area (TPSA) is 27.7 Å². The van der Waals surface area contributed by atoms with E-state index in [4.69, 9.17) is 24.9 Å². The second-order valence-electron chi connectivity index (χ2n) is 9.95. The fourth-order valence-corrected chi connectivity index (χ4v) is 8.90. The van der Waals surface area contributed by atoms with E-state index in [0.29, 0.717) is 0 Å². The van der Waals surface area contributed by atoms with Crippen LogP contribution in [0.5, 0.6) is 0 Å². The van der Waals surface area contributed by atoms with Gasteiger partial charge in [-0.2, -0.15) is 0 Å². The van der Waals surface area contributed by atoms with Gasteiger partial charge in [0.2, 0.25) is 0 Å². The summed E-state index contributed by atoms with van der Waals surface area (Å²) in [4.78, 5) is 0. The van der Waals surface area contributed by atoms with E-state index in [2.05, 4.69) is 27.7 Å². The third kappa shape index (κ3) is 10.5. The van der Waals surface area contributed by atoms with Gasteiger partial charge in [-0.25, -0.2) is 0 Å². The van der Waals surface area contributed by atoms with Gasteiger partial charge in [-0.3, -0.25) is 0 Å². The lowest BCUT2D eigenvalue weighted by Gasteiger charge is -2.49. The van der Waals surface area contributed by atoms with E-state index in [1.807, 2.05) is 0 Å². The van der Waals surface area contributed by atoms with Gasteiger partial charge in [0.15, 0.2) is 0 Å². The lowest BCUT2D eigenvalue weighted by molar-refractivity contribution is 0.0716. The predicted octanol–water partition coefficient (Wildman–Crippen LogP) is 9.08. The zero-order valence-corrected chi connectivity index (χ0v) is 23.9. The maximum atomic E-state index is 7.30. The van der Waals surface area contributed by atoms with Crippen molar-refractivity contribution in [2.75, 3.05) is 21.3 Å². The minimum absolute atomic E-state index is 0.115. The number of hydrogen-bond acceptors (Lipinski definition) is 3. The molecule has 0 aliphatic carbocycles. The summed E-state index contributed by atoms with van der Waals surface area (Å²) >= 11 is 7.30. The molecule has 0 bridgehead atoms. The highest BCUT2D eigenvalue weighted by molar-refractivity contribution is 6.74. The molecule has 0 rings (SSSR count). The average molecular weight is 479 g/mol. The largest absolute Gasteiger partial charge is 0.522 e. The first-order valence-electron chi connectivity index (χ1n) is 13.1. The van der Waals surface area contributed by atoms with Crippen molar-refractivity contribution in [3.05, 3.63) is 0 Å². The zero-order valence-electron chi connectivity index (χ0n) is 22.1. The second-order valence-corrected chi connectivity index (χ2v) is 14.1. The van der Waals surface area contributed by atoms with E-state index >= 15 is 0 Å². The van der Waals surface area contributed by atoms with Gasteiger partial charge >= 0.3 is 8.80 Å². The quantitative estimate of drug-likeness (QED) is 0.0881. The Hall–Kier alpha value is 0.387. The molecule has 0 aliphatic heterocycles. The van der Waals surface area contributed by atoms with Crippen LogP contribution in [0.3, 0.4) is 0 Å². The molecule has 0 heterocycles. The predicted molar refractivity (Wildman–Crippen MR) is 139 cm³/mol. The van der Waals surface area contributed by atoms with Gasteiger partial charge in [-0.15, -0.1) is 11.6 Å². The number of hydrogen-bond donors (Lipinski definition) is 0. The molecule has 1 unspecified atom stereocenters. The van der Waals surface area contributed by atoms with Crippen LogP contribution in [0.15, 0.2) is 0 Å². The third-order valence-corrected chi connectivity index (χ3v) is 12.0. The molecule has 0 fully saturated rings. The molecule has 188 valence electrons. The smallest absolute Gasteiger partial charge is 0.376 e. The maximum absolute atomic E-state index is 7.30. The van der Waals surface area contributed by atoms with E-state index in [1.54, 1.807) is 21.3 Å². The summed E-state index contributed by atoms with van der Waals surface area (Å²) < 4.78 is 16.9. The molecule has 0 aliphatic rings. The maximum Gasteiger partial charge on any atom is 0.522 e. The van der Waals surface area contributed by atoms with Crippen molar-refractivity contribution in [2.45, 2.75) is 141 Å². The van der Waals surface area contributed by atoms with Crippen molar-refractivity contribution < 1.29 is 13.3 Å². The van der Waals surface area contributed by atoms with E-state index in [1.165, 1.54) is 89.9 Å². The van der Waals surface area contributed by atoms with Crippen molar-refractivity contribution in [2.24, 2.45) is 5.41 Å². The van der Waals surface area contributed by atoms with Gasteiger partial charge < -0.3 is 13.3 Å². The van der Waals surface area contributed by atoms with Gasteiger partial charge in [-0.05, 0) is 18.3 Å². The Morgan fingerprint density at radius 2 is 0.903 bits per heavy atom. The van der Waals surface area contributed by atoms with E-state index in [9.17, 15) is 0 Å². The molecule has 0 radical (unpaired) electrons. The van der Waals surface area contributed by atoms with E-state index in [0.717, 1.165) is 19.3 Å². The fourth-order valence-electron chi connectivity index (χ4n) is 4.95. The molecule has 0 aromatic heterocycles. The standard InChI is InChI=1S/C26H55ClO3Si/c1-8-10-11-12-13-14-15-16-17-18-19-20-21-22-24-25(3,4)26(27,23-9-2)31(28-5,29-6)30-7/h8-24H2,1-7H3. The summed E-state index contributed by atoms with van der Waals surface area (Å²) in [6.07, 6.45) is 22.2. The molecular formula is C26H55ClO3Si. The van der Waals surface area contributed by atoms with Crippen molar-refractivity contribution >= 4 is 20.4 Å².